The second-order valence-electron chi connectivity index (χ2n) is 4.13. The largest absolute Gasteiger partial charge is 0.492 e. The summed E-state index contributed by atoms with van der Waals surface area (Å²) in [7, 11) is 0. The van der Waals surface area contributed by atoms with Gasteiger partial charge in [0.05, 0.1) is 11.5 Å². The molecule has 0 radical (unpaired) electrons. The van der Waals surface area contributed by atoms with Crippen molar-refractivity contribution < 1.29 is 9.53 Å². The maximum Gasteiger partial charge on any atom is 0.177 e. The van der Waals surface area contributed by atoms with Crippen LogP contribution >= 0.6 is 0 Å². The Kier molecular flexibility index (Phi) is 3.47. The summed E-state index contributed by atoms with van der Waals surface area (Å²) in [5.74, 6) is 0.675. The van der Waals surface area contributed by atoms with E-state index in [1.165, 1.54) is 0 Å². The lowest BCUT2D eigenvalue weighted by atomic mass is 9.89. The highest BCUT2D eigenvalue weighted by Crippen LogP contribution is 2.31. The molecule has 1 aliphatic rings. The van der Waals surface area contributed by atoms with Gasteiger partial charge in [0, 0.05) is 0 Å². The number of para-hydroxylation sites is 1. The van der Waals surface area contributed by atoms with E-state index in [0.29, 0.717) is 17.9 Å². The standard InChI is InChI=1S/C15H12O2.CH4/c16-15-12-8-4-5-9-14(12)17-10-13(15)11-6-2-1-3-7-11;/h1-9,13H,10H2;1H4. The van der Waals surface area contributed by atoms with Gasteiger partial charge in [0.1, 0.15) is 12.4 Å². The van der Waals surface area contributed by atoms with Crippen LogP contribution in [0.25, 0.3) is 0 Å². The number of carbonyl (C=O) groups excluding carboxylic acids is 1. The van der Waals surface area contributed by atoms with Crippen molar-refractivity contribution in [3.8, 4) is 5.75 Å². The molecule has 0 saturated carbocycles. The van der Waals surface area contributed by atoms with E-state index < -0.39 is 0 Å². The predicted octanol–water partition coefficient (Wildman–Crippen LogP) is 3.68. The number of rotatable bonds is 1. The lowest BCUT2D eigenvalue weighted by Crippen LogP contribution is -2.25. The van der Waals surface area contributed by atoms with Gasteiger partial charge in [-0.05, 0) is 17.7 Å². The average molecular weight is 240 g/mol. The first-order chi connectivity index (χ1) is 8.36. The van der Waals surface area contributed by atoms with Crippen LogP contribution in [0.1, 0.15) is 29.3 Å². The van der Waals surface area contributed by atoms with Crippen LogP contribution in [0.2, 0.25) is 0 Å². The maximum absolute atomic E-state index is 12.3. The zero-order chi connectivity index (χ0) is 11.7. The van der Waals surface area contributed by atoms with Gasteiger partial charge >= 0.3 is 0 Å². The summed E-state index contributed by atoms with van der Waals surface area (Å²) >= 11 is 0. The zero-order valence-corrected chi connectivity index (χ0v) is 9.30. The van der Waals surface area contributed by atoms with Crippen LogP contribution in [0.3, 0.4) is 0 Å². The maximum atomic E-state index is 12.3. The number of ketones is 1. The van der Waals surface area contributed by atoms with Gasteiger partial charge in [-0.1, -0.05) is 49.9 Å². The van der Waals surface area contributed by atoms with Gasteiger partial charge in [0.15, 0.2) is 5.78 Å². The highest BCUT2D eigenvalue weighted by molar-refractivity contribution is 6.04. The van der Waals surface area contributed by atoms with Crippen molar-refractivity contribution in [2.24, 2.45) is 0 Å². The summed E-state index contributed by atoms with van der Waals surface area (Å²) in [5.41, 5.74) is 1.71. The second kappa shape index (κ2) is 5.05. The summed E-state index contributed by atoms with van der Waals surface area (Å²) < 4.78 is 5.64. The van der Waals surface area contributed by atoms with Crippen LogP contribution in [0.5, 0.6) is 5.75 Å². The Bertz CT molecular complexity index is 546. The zero-order valence-electron chi connectivity index (χ0n) is 9.30. The van der Waals surface area contributed by atoms with Crippen LogP contribution in [-0.2, 0) is 0 Å². The summed E-state index contributed by atoms with van der Waals surface area (Å²) in [4.78, 5) is 12.3. The molecule has 2 aromatic rings. The minimum Gasteiger partial charge on any atom is -0.492 e. The molecule has 0 fully saturated rings. The molecule has 2 aromatic carbocycles. The fourth-order valence-electron chi connectivity index (χ4n) is 2.17. The number of hydrogen-bond acceptors (Lipinski definition) is 2. The lowest BCUT2D eigenvalue weighted by molar-refractivity contribution is 0.0896. The molecule has 0 N–H and O–H groups in total. The molecule has 1 atom stereocenters. The topological polar surface area (TPSA) is 26.3 Å². The van der Waals surface area contributed by atoms with Crippen molar-refractivity contribution >= 4 is 5.78 Å². The minimum absolute atomic E-state index is 0. The number of fused-ring (bicyclic) bond motifs is 1. The van der Waals surface area contributed by atoms with Crippen molar-refractivity contribution in [3.63, 3.8) is 0 Å². The van der Waals surface area contributed by atoms with Crippen molar-refractivity contribution in [2.75, 3.05) is 6.61 Å². The highest BCUT2D eigenvalue weighted by atomic mass is 16.5. The molecule has 0 aliphatic carbocycles. The van der Waals surface area contributed by atoms with Crippen LogP contribution in [0.4, 0.5) is 0 Å². The van der Waals surface area contributed by atoms with Crippen molar-refractivity contribution in [2.45, 2.75) is 13.3 Å². The van der Waals surface area contributed by atoms with Crippen molar-refractivity contribution in [1.82, 2.24) is 0 Å². The van der Waals surface area contributed by atoms with Gasteiger partial charge in [-0.3, -0.25) is 4.79 Å². The lowest BCUT2D eigenvalue weighted by Gasteiger charge is -2.24. The van der Waals surface area contributed by atoms with Gasteiger partial charge in [-0.25, -0.2) is 0 Å². The molecule has 0 amide bonds. The fraction of sp³-hybridized carbons (Fsp3) is 0.188. The molecule has 0 bridgehead atoms. The normalized spacial score (nSPS) is 17.3. The molecule has 1 aliphatic heterocycles. The van der Waals surface area contributed by atoms with Gasteiger partial charge in [0.2, 0.25) is 0 Å². The first-order valence-electron chi connectivity index (χ1n) is 5.67. The molecule has 18 heavy (non-hydrogen) atoms. The molecule has 1 unspecified atom stereocenters. The van der Waals surface area contributed by atoms with Crippen LogP contribution in [0.15, 0.2) is 54.6 Å². The van der Waals surface area contributed by atoms with E-state index in [2.05, 4.69) is 0 Å². The monoisotopic (exact) mass is 240 g/mol. The van der Waals surface area contributed by atoms with Gasteiger partial charge in [-0.2, -0.15) is 0 Å². The molecular formula is C16H16O2. The fourth-order valence-corrected chi connectivity index (χ4v) is 2.17. The SMILES string of the molecule is C.O=C1c2ccccc2OCC1c1ccccc1. The highest BCUT2D eigenvalue weighted by Gasteiger charge is 2.29. The van der Waals surface area contributed by atoms with E-state index in [1.807, 2.05) is 54.6 Å². The third kappa shape index (κ3) is 2.02. The Balaban J connectivity index is 0.00000120. The smallest absolute Gasteiger partial charge is 0.177 e. The Morgan fingerprint density at radius 1 is 0.944 bits per heavy atom. The minimum atomic E-state index is -0.175. The molecule has 92 valence electrons. The van der Waals surface area contributed by atoms with E-state index in [1.54, 1.807) is 0 Å². The molecular weight excluding hydrogens is 224 g/mol. The van der Waals surface area contributed by atoms with Crippen LogP contribution < -0.4 is 4.74 Å². The molecule has 0 aromatic heterocycles. The summed E-state index contributed by atoms with van der Waals surface area (Å²) in [6.45, 7) is 0.430. The number of ether oxygens (including phenoxy) is 1. The molecule has 2 heteroatoms. The van der Waals surface area contributed by atoms with E-state index in [9.17, 15) is 4.79 Å². The van der Waals surface area contributed by atoms with Crippen LogP contribution in [-0.4, -0.2) is 12.4 Å². The second-order valence-corrected chi connectivity index (χ2v) is 4.13. The quantitative estimate of drug-likeness (QED) is 0.760. The summed E-state index contributed by atoms with van der Waals surface area (Å²) in [5, 5.41) is 0. The third-order valence-corrected chi connectivity index (χ3v) is 3.08. The summed E-state index contributed by atoms with van der Waals surface area (Å²) in [6, 6.07) is 17.2. The number of benzene rings is 2. The van der Waals surface area contributed by atoms with Crippen molar-refractivity contribution in [3.05, 3.63) is 65.7 Å². The van der Waals surface area contributed by atoms with Gasteiger partial charge in [-0.15, -0.1) is 0 Å². The third-order valence-electron chi connectivity index (χ3n) is 3.08. The molecule has 0 spiro atoms. The molecule has 1 heterocycles. The first-order valence-corrected chi connectivity index (χ1v) is 5.67. The molecule has 2 nitrogen and oxygen atoms in total. The first kappa shape index (κ1) is 12.4. The predicted molar refractivity (Wildman–Crippen MR) is 72.2 cm³/mol. The summed E-state index contributed by atoms with van der Waals surface area (Å²) in [6.07, 6.45) is 0. The van der Waals surface area contributed by atoms with E-state index in [4.69, 9.17) is 4.74 Å². The Morgan fingerprint density at radius 3 is 2.39 bits per heavy atom. The Labute approximate surface area is 107 Å². The molecule has 3 rings (SSSR count). The Hall–Kier alpha value is -2.09. The Morgan fingerprint density at radius 2 is 1.61 bits per heavy atom. The molecule has 0 saturated heterocycles. The average Bonchev–Trinajstić information content (AvgIpc) is 2.40. The van der Waals surface area contributed by atoms with Gasteiger partial charge in [0.25, 0.3) is 0 Å². The number of hydrogen-bond donors (Lipinski definition) is 0. The van der Waals surface area contributed by atoms with Crippen LogP contribution in [0, 0.1) is 0 Å². The van der Waals surface area contributed by atoms with E-state index in [-0.39, 0.29) is 19.1 Å². The number of carbonyl (C=O) groups is 1. The van der Waals surface area contributed by atoms with Crippen molar-refractivity contribution in [1.29, 1.82) is 0 Å². The van der Waals surface area contributed by atoms with Gasteiger partial charge < -0.3 is 4.74 Å². The number of Topliss-reactive ketones (excluding diaryl/α,β-unsaturated/α-hetero) is 1. The van der Waals surface area contributed by atoms with E-state index >= 15 is 0 Å². The van der Waals surface area contributed by atoms with E-state index in [0.717, 1.165) is 5.56 Å².